The maximum Gasteiger partial charge on any atom is 0.315 e. The first-order valence-corrected chi connectivity index (χ1v) is 16.1. The Balaban J connectivity index is 2.32. The fraction of sp³-hybridized carbons (Fsp3) is 0.800. The molecule has 0 amide bonds. The van der Waals surface area contributed by atoms with E-state index in [9.17, 15) is 15.0 Å². The Kier molecular flexibility index (Phi) is 17.0. The van der Waals surface area contributed by atoms with Crippen molar-refractivity contribution in [3.63, 3.8) is 0 Å². The van der Waals surface area contributed by atoms with E-state index in [1.165, 1.54) is 89.9 Å². The number of aliphatic hydroxyl groups excluding tert-OH is 1. The molecule has 226 valence electrons. The number of aliphatic hydroxyl groups is 1. The summed E-state index contributed by atoms with van der Waals surface area (Å²) >= 11 is 0. The molecule has 1 unspecified atom stereocenters. The van der Waals surface area contributed by atoms with Gasteiger partial charge in [0.15, 0.2) is 0 Å². The predicted molar refractivity (Wildman–Crippen MR) is 166 cm³/mol. The van der Waals surface area contributed by atoms with Gasteiger partial charge in [-0.2, -0.15) is 0 Å². The SMILES string of the molecule is CCCCCCCCCCCCCCCCCCOC(=O)C(CO)c1cc(C(C)(C)C)c(O)c(C(C)(C)C)c1. The number of carbonyl (C=O) groups excluding carboxylic acids is 1. The van der Waals surface area contributed by atoms with Crippen molar-refractivity contribution in [2.45, 2.75) is 168 Å². The van der Waals surface area contributed by atoms with Crippen molar-refractivity contribution >= 4 is 5.97 Å². The first-order chi connectivity index (χ1) is 18.4. The Labute approximate surface area is 241 Å². The van der Waals surface area contributed by atoms with Crippen molar-refractivity contribution in [3.8, 4) is 5.75 Å². The minimum atomic E-state index is -0.742. The fourth-order valence-corrected chi connectivity index (χ4v) is 5.24. The van der Waals surface area contributed by atoms with Gasteiger partial charge in [-0.3, -0.25) is 4.79 Å². The van der Waals surface area contributed by atoms with Gasteiger partial charge in [0, 0.05) is 0 Å². The molecule has 1 aromatic carbocycles. The lowest BCUT2D eigenvalue weighted by atomic mass is 9.77. The molecular weight excluding hydrogens is 484 g/mol. The van der Waals surface area contributed by atoms with Crippen LogP contribution < -0.4 is 0 Å². The minimum absolute atomic E-state index is 0.275. The molecule has 1 atom stereocenters. The summed E-state index contributed by atoms with van der Waals surface area (Å²) in [6, 6.07) is 3.72. The van der Waals surface area contributed by atoms with Crippen LogP contribution in [0.4, 0.5) is 0 Å². The maximum atomic E-state index is 12.9. The normalized spacial score (nSPS) is 13.0. The van der Waals surface area contributed by atoms with Crippen molar-refractivity contribution < 1.29 is 19.7 Å². The standard InChI is InChI=1S/C35H62O4/c1-8-9-10-11-12-13-14-15-16-17-18-19-20-21-22-23-24-39-33(38)29(27-36)28-25-30(34(2,3)4)32(37)31(26-28)35(5,6)7/h25-26,29,36-37H,8-24,27H2,1-7H3. The highest BCUT2D eigenvalue weighted by atomic mass is 16.5. The molecule has 0 fully saturated rings. The Bertz CT molecular complexity index is 765. The zero-order valence-corrected chi connectivity index (χ0v) is 26.7. The first kappa shape index (κ1) is 35.5. The van der Waals surface area contributed by atoms with E-state index >= 15 is 0 Å². The van der Waals surface area contributed by atoms with Gasteiger partial charge in [0.2, 0.25) is 0 Å². The molecule has 0 aromatic heterocycles. The Morgan fingerprint density at radius 2 is 1.05 bits per heavy atom. The summed E-state index contributed by atoms with van der Waals surface area (Å²) in [5.74, 6) is -0.852. The number of ether oxygens (including phenoxy) is 1. The van der Waals surface area contributed by atoms with Crippen LogP contribution >= 0.6 is 0 Å². The van der Waals surface area contributed by atoms with Crippen LogP contribution in [-0.2, 0) is 20.4 Å². The van der Waals surface area contributed by atoms with Crippen LogP contribution in [0, 0.1) is 0 Å². The molecule has 39 heavy (non-hydrogen) atoms. The van der Waals surface area contributed by atoms with E-state index in [1.54, 1.807) is 0 Å². The van der Waals surface area contributed by atoms with Crippen LogP contribution in [0.3, 0.4) is 0 Å². The van der Waals surface area contributed by atoms with E-state index < -0.39 is 5.92 Å². The summed E-state index contributed by atoms with van der Waals surface area (Å²) in [7, 11) is 0. The molecule has 0 aliphatic rings. The number of phenolic OH excluding ortho intramolecular Hbond substituents is 1. The molecule has 4 heteroatoms. The second-order valence-corrected chi connectivity index (χ2v) is 13.7. The molecule has 1 aromatic rings. The lowest BCUT2D eigenvalue weighted by Crippen LogP contribution is -2.23. The van der Waals surface area contributed by atoms with Gasteiger partial charge in [-0.15, -0.1) is 0 Å². The highest BCUT2D eigenvalue weighted by Gasteiger charge is 2.30. The van der Waals surface area contributed by atoms with E-state index in [2.05, 4.69) is 6.92 Å². The molecule has 0 aliphatic heterocycles. The van der Waals surface area contributed by atoms with Crippen molar-refractivity contribution in [2.24, 2.45) is 0 Å². The third kappa shape index (κ3) is 14.1. The number of hydrogen-bond donors (Lipinski definition) is 2. The molecule has 0 aliphatic carbocycles. The summed E-state index contributed by atoms with van der Waals surface area (Å²) in [4.78, 5) is 12.9. The minimum Gasteiger partial charge on any atom is -0.507 e. The van der Waals surface area contributed by atoms with Gasteiger partial charge < -0.3 is 14.9 Å². The van der Waals surface area contributed by atoms with Crippen LogP contribution in [0.2, 0.25) is 0 Å². The quantitative estimate of drug-likeness (QED) is 0.126. The van der Waals surface area contributed by atoms with Gasteiger partial charge in [0.1, 0.15) is 11.7 Å². The van der Waals surface area contributed by atoms with Gasteiger partial charge in [-0.05, 0) is 33.9 Å². The van der Waals surface area contributed by atoms with Gasteiger partial charge >= 0.3 is 5.97 Å². The largest absolute Gasteiger partial charge is 0.507 e. The summed E-state index contributed by atoms with van der Waals surface area (Å²) in [6.45, 7) is 14.6. The average Bonchev–Trinajstić information content (AvgIpc) is 2.85. The number of benzene rings is 1. The van der Waals surface area contributed by atoms with E-state index in [1.807, 2.05) is 53.7 Å². The molecule has 0 saturated carbocycles. The Morgan fingerprint density at radius 3 is 1.38 bits per heavy atom. The van der Waals surface area contributed by atoms with Crippen LogP contribution in [0.15, 0.2) is 12.1 Å². The lowest BCUT2D eigenvalue weighted by molar-refractivity contribution is -0.146. The van der Waals surface area contributed by atoms with E-state index in [0.29, 0.717) is 12.2 Å². The molecule has 0 saturated heterocycles. The van der Waals surface area contributed by atoms with Crippen molar-refractivity contribution in [1.82, 2.24) is 0 Å². The number of rotatable bonds is 20. The molecule has 0 heterocycles. The highest BCUT2D eigenvalue weighted by molar-refractivity contribution is 5.79. The molecule has 1 rings (SSSR count). The Hall–Kier alpha value is -1.55. The summed E-state index contributed by atoms with van der Waals surface area (Å²) in [5.41, 5.74) is 1.69. The maximum absolute atomic E-state index is 12.9. The Morgan fingerprint density at radius 1 is 0.692 bits per heavy atom. The first-order valence-electron chi connectivity index (χ1n) is 16.1. The zero-order chi connectivity index (χ0) is 29.3. The van der Waals surface area contributed by atoms with Crippen molar-refractivity contribution in [2.75, 3.05) is 13.2 Å². The van der Waals surface area contributed by atoms with E-state index in [-0.39, 0.29) is 29.2 Å². The number of aromatic hydroxyl groups is 1. The van der Waals surface area contributed by atoms with Crippen LogP contribution in [0.5, 0.6) is 5.75 Å². The second-order valence-electron chi connectivity index (χ2n) is 13.7. The molecule has 4 nitrogen and oxygen atoms in total. The number of unbranched alkanes of at least 4 members (excludes halogenated alkanes) is 15. The molecule has 0 spiro atoms. The lowest BCUT2D eigenvalue weighted by Gasteiger charge is -2.29. The molecular formula is C35H62O4. The number of esters is 1. The monoisotopic (exact) mass is 546 g/mol. The smallest absolute Gasteiger partial charge is 0.315 e. The van der Waals surface area contributed by atoms with Gasteiger partial charge in [-0.1, -0.05) is 157 Å². The number of phenols is 1. The third-order valence-corrected chi connectivity index (χ3v) is 7.86. The van der Waals surface area contributed by atoms with Crippen molar-refractivity contribution in [3.05, 3.63) is 28.8 Å². The summed E-state index contributed by atoms with van der Waals surface area (Å²) in [5, 5.41) is 21.1. The predicted octanol–water partition coefficient (Wildman–Crippen LogP) is 9.87. The van der Waals surface area contributed by atoms with E-state index in [0.717, 1.165) is 24.0 Å². The van der Waals surface area contributed by atoms with Gasteiger partial charge in [0.05, 0.1) is 13.2 Å². The number of carbonyl (C=O) groups is 1. The van der Waals surface area contributed by atoms with Gasteiger partial charge in [0.25, 0.3) is 0 Å². The third-order valence-electron chi connectivity index (χ3n) is 7.86. The van der Waals surface area contributed by atoms with Gasteiger partial charge in [-0.25, -0.2) is 0 Å². The fourth-order valence-electron chi connectivity index (χ4n) is 5.24. The summed E-state index contributed by atoms with van der Waals surface area (Å²) in [6.07, 6.45) is 20.9. The second kappa shape index (κ2) is 18.7. The zero-order valence-electron chi connectivity index (χ0n) is 26.7. The van der Waals surface area contributed by atoms with E-state index in [4.69, 9.17) is 4.74 Å². The molecule has 0 bridgehead atoms. The molecule has 0 radical (unpaired) electrons. The van der Waals surface area contributed by atoms with Crippen LogP contribution in [-0.4, -0.2) is 29.4 Å². The number of hydrogen-bond acceptors (Lipinski definition) is 4. The average molecular weight is 547 g/mol. The highest BCUT2D eigenvalue weighted by Crippen LogP contribution is 2.41. The van der Waals surface area contributed by atoms with Crippen LogP contribution in [0.1, 0.15) is 174 Å². The topological polar surface area (TPSA) is 66.8 Å². The van der Waals surface area contributed by atoms with Crippen LogP contribution in [0.25, 0.3) is 0 Å². The summed E-state index contributed by atoms with van der Waals surface area (Å²) < 4.78 is 5.59. The molecule has 2 N–H and O–H groups in total. The van der Waals surface area contributed by atoms with Crippen molar-refractivity contribution in [1.29, 1.82) is 0 Å².